The summed E-state index contributed by atoms with van der Waals surface area (Å²) in [6.45, 7) is 1.71. The average Bonchev–Trinajstić information content (AvgIpc) is 2.77. The highest BCUT2D eigenvalue weighted by Gasteiger charge is 2.08. The minimum Gasteiger partial charge on any atom is -0.482 e. The van der Waals surface area contributed by atoms with Crippen LogP contribution in [-0.4, -0.2) is 23.4 Å². The molecule has 3 aromatic rings. The summed E-state index contributed by atoms with van der Waals surface area (Å²) in [5, 5.41) is 8.84. The fraction of sp³-hybridized carbons (Fsp3) is 0.160. The molecule has 0 amide bonds. The van der Waals surface area contributed by atoms with Crippen molar-refractivity contribution in [3.8, 4) is 5.75 Å². The molecule has 0 fully saturated rings. The molecule has 31 heavy (non-hydrogen) atoms. The first-order chi connectivity index (χ1) is 15.0. The van der Waals surface area contributed by atoms with Crippen molar-refractivity contribution in [3.63, 3.8) is 0 Å². The molecule has 160 valence electrons. The van der Waals surface area contributed by atoms with Crippen LogP contribution < -0.4 is 4.74 Å². The van der Waals surface area contributed by atoms with Gasteiger partial charge in [0.2, 0.25) is 0 Å². The molecule has 0 radical (unpaired) electrons. The summed E-state index contributed by atoms with van der Waals surface area (Å²) in [6, 6.07) is 22.6. The highest BCUT2D eigenvalue weighted by atomic mass is 79.9. The lowest BCUT2D eigenvalue weighted by atomic mass is 9.98. The Labute approximate surface area is 203 Å². The van der Waals surface area contributed by atoms with E-state index in [2.05, 4.69) is 92.5 Å². The van der Waals surface area contributed by atoms with E-state index >= 15 is 0 Å². The summed E-state index contributed by atoms with van der Waals surface area (Å²) in [6.07, 6.45) is 3.03. The van der Waals surface area contributed by atoms with Gasteiger partial charge in [0.05, 0.1) is 0 Å². The van der Waals surface area contributed by atoms with Crippen molar-refractivity contribution < 1.29 is 14.6 Å². The van der Waals surface area contributed by atoms with Crippen molar-refractivity contribution in [2.24, 2.45) is 0 Å². The second-order valence-corrected chi connectivity index (χ2v) is 9.67. The normalized spacial score (nSPS) is 10.5. The number of hydrogen-bond acceptors (Lipinski definition) is 3. The van der Waals surface area contributed by atoms with Gasteiger partial charge in [0.15, 0.2) is 6.61 Å². The molecule has 0 spiro atoms. The Hall–Kier alpha value is -2.02. The lowest BCUT2D eigenvalue weighted by Gasteiger charge is -2.11. The molecule has 0 saturated carbocycles. The molecule has 3 aromatic carbocycles. The maximum atomic E-state index is 10.8. The van der Waals surface area contributed by atoms with Gasteiger partial charge in [0, 0.05) is 19.6 Å². The van der Waals surface area contributed by atoms with E-state index in [1.54, 1.807) is 11.8 Å². The third kappa shape index (κ3) is 6.99. The quantitative estimate of drug-likeness (QED) is 0.275. The first-order valence-electron chi connectivity index (χ1n) is 9.78. The molecule has 0 saturated heterocycles. The molecule has 0 aliphatic heterocycles. The van der Waals surface area contributed by atoms with Crippen LogP contribution in [-0.2, 0) is 11.2 Å². The number of ether oxygens (including phenoxy) is 1. The number of thioether (sulfide) groups is 1. The van der Waals surface area contributed by atoms with E-state index in [-0.39, 0.29) is 6.61 Å². The Morgan fingerprint density at radius 1 is 0.968 bits per heavy atom. The lowest BCUT2D eigenvalue weighted by Crippen LogP contribution is -2.10. The van der Waals surface area contributed by atoms with Crippen molar-refractivity contribution in [3.05, 3.63) is 98.4 Å². The van der Waals surface area contributed by atoms with Gasteiger partial charge < -0.3 is 9.84 Å². The van der Waals surface area contributed by atoms with Gasteiger partial charge in [-0.15, -0.1) is 11.8 Å². The van der Waals surface area contributed by atoms with E-state index in [0.29, 0.717) is 5.75 Å². The number of carbonyl (C=O) groups is 1. The Balaban J connectivity index is 1.80. The van der Waals surface area contributed by atoms with Gasteiger partial charge in [-0.25, -0.2) is 4.79 Å². The third-order valence-corrected chi connectivity index (χ3v) is 6.59. The van der Waals surface area contributed by atoms with Crippen LogP contribution in [0.1, 0.15) is 23.6 Å². The zero-order chi connectivity index (χ0) is 22.2. The van der Waals surface area contributed by atoms with Crippen molar-refractivity contribution in [1.82, 2.24) is 0 Å². The van der Waals surface area contributed by atoms with Crippen LogP contribution in [0.3, 0.4) is 0 Å². The summed E-state index contributed by atoms with van der Waals surface area (Å²) in [5.41, 5.74) is 4.52. The Bertz CT molecular complexity index is 1010. The largest absolute Gasteiger partial charge is 0.482 e. The van der Waals surface area contributed by atoms with E-state index in [4.69, 9.17) is 9.84 Å². The highest BCUT2D eigenvalue weighted by molar-refractivity contribution is 9.10. The number of benzene rings is 3. The smallest absolute Gasteiger partial charge is 0.341 e. The number of aryl methyl sites for hydroxylation is 1. The van der Waals surface area contributed by atoms with E-state index in [1.807, 2.05) is 19.1 Å². The van der Waals surface area contributed by atoms with Crippen molar-refractivity contribution in [1.29, 1.82) is 0 Å². The number of halogens is 2. The Morgan fingerprint density at radius 3 is 2.06 bits per heavy atom. The van der Waals surface area contributed by atoms with Gasteiger partial charge in [-0.05, 0) is 71.1 Å². The van der Waals surface area contributed by atoms with Crippen molar-refractivity contribution in [2.75, 3.05) is 12.4 Å². The van der Waals surface area contributed by atoms with E-state index in [9.17, 15) is 4.79 Å². The standard InChI is InChI=1S/C25H22Br2O3S/c1-2-17-15-22(11-12-24(17)30-16-25(28)29)31-14-13-23(18-3-7-20(26)8-4-18)19-5-9-21(27)10-6-19/h3-13,15H,2,14,16H2,1H3,(H,28,29). The Kier molecular flexibility index (Phi) is 8.81. The number of carboxylic acids is 1. The van der Waals surface area contributed by atoms with Crippen LogP contribution in [0.2, 0.25) is 0 Å². The number of hydrogen-bond donors (Lipinski definition) is 1. The second kappa shape index (κ2) is 11.6. The molecule has 6 heteroatoms. The first kappa shape index (κ1) is 23.6. The molecule has 1 N–H and O–H groups in total. The SMILES string of the molecule is CCc1cc(SCC=C(c2ccc(Br)cc2)c2ccc(Br)cc2)ccc1OCC(=O)O. The molecule has 0 aliphatic carbocycles. The van der Waals surface area contributed by atoms with Gasteiger partial charge in [-0.1, -0.05) is 69.1 Å². The third-order valence-electron chi connectivity index (χ3n) is 4.61. The maximum absolute atomic E-state index is 10.8. The predicted octanol–water partition coefficient (Wildman–Crippen LogP) is 7.46. The van der Waals surface area contributed by atoms with E-state index in [1.165, 1.54) is 5.57 Å². The molecular formula is C25H22Br2O3S. The van der Waals surface area contributed by atoms with Gasteiger partial charge in [-0.2, -0.15) is 0 Å². The fourth-order valence-electron chi connectivity index (χ4n) is 3.08. The maximum Gasteiger partial charge on any atom is 0.341 e. The summed E-state index contributed by atoms with van der Waals surface area (Å²) in [4.78, 5) is 11.9. The molecule has 3 rings (SSSR count). The molecular weight excluding hydrogens is 540 g/mol. The molecule has 0 aliphatic rings. The van der Waals surface area contributed by atoms with Crippen LogP contribution in [0, 0.1) is 0 Å². The highest BCUT2D eigenvalue weighted by Crippen LogP contribution is 2.30. The Morgan fingerprint density at radius 2 is 1.55 bits per heavy atom. The van der Waals surface area contributed by atoms with Gasteiger partial charge >= 0.3 is 5.97 Å². The lowest BCUT2D eigenvalue weighted by molar-refractivity contribution is -0.139. The average molecular weight is 562 g/mol. The van der Waals surface area contributed by atoms with Gasteiger partial charge in [-0.3, -0.25) is 0 Å². The minimum atomic E-state index is -0.973. The monoisotopic (exact) mass is 560 g/mol. The van der Waals surface area contributed by atoms with E-state index in [0.717, 1.165) is 42.7 Å². The van der Waals surface area contributed by atoms with Gasteiger partial charge in [0.25, 0.3) is 0 Å². The van der Waals surface area contributed by atoms with Crippen molar-refractivity contribution >= 4 is 55.2 Å². The number of aliphatic carboxylic acids is 1. The van der Waals surface area contributed by atoms with Gasteiger partial charge in [0.1, 0.15) is 5.75 Å². The fourth-order valence-corrected chi connectivity index (χ4v) is 4.45. The zero-order valence-electron chi connectivity index (χ0n) is 17.0. The van der Waals surface area contributed by atoms with Crippen LogP contribution in [0.4, 0.5) is 0 Å². The molecule has 0 aromatic heterocycles. The minimum absolute atomic E-state index is 0.327. The van der Waals surface area contributed by atoms with E-state index < -0.39 is 5.97 Å². The summed E-state index contributed by atoms with van der Waals surface area (Å²) >= 11 is 8.76. The number of carboxylic acid groups (broad SMARTS) is 1. The van der Waals surface area contributed by atoms with Crippen LogP contribution in [0.5, 0.6) is 5.75 Å². The number of rotatable bonds is 9. The molecule has 0 bridgehead atoms. The molecule has 0 atom stereocenters. The van der Waals surface area contributed by atoms with Crippen LogP contribution >= 0.6 is 43.6 Å². The zero-order valence-corrected chi connectivity index (χ0v) is 21.0. The topological polar surface area (TPSA) is 46.5 Å². The summed E-state index contributed by atoms with van der Waals surface area (Å²) in [5.74, 6) is 0.467. The first-order valence-corrected chi connectivity index (χ1v) is 12.4. The van der Waals surface area contributed by atoms with Crippen LogP contribution in [0.15, 0.2) is 86.6 Å². The molecule has 0 unspecified atom stereocenters. The molecule has 0 heterocycles. The molecule has 3 nitrogen and oxygen atoms in total. The summed E-state index contributed by atoms with van der Waals surface area (Å²) < 4.78 is 7.50. The summed E-state index contributed by atoms with van der Waals surface area (Å²) in [7, 11) is 0. The predicted molar refractivity (Wildman–Crippen MR) is 135 cm³/mol. The van der Waals surface area contributed by atoms with Crippen molar-refractivity contribution in [2.45, 2.75) is 18.2 Å². The van der Waals surface area contributed by atoms with Crippen LogP contribution in [0.25, 0.3) is 5.57 Å². The second-order valence-electron chi connectivity index (χ2n) is 6.75.